The second-order valence-electron chi connectivity index (χ2n) is 6.81. The Morgan fingerprint density at radius 3 is 1.90 bits per heavy atom. The van der Waals surface area contributed by atoms with Crippen molar-refractivity contribution in [2.24, 2.45) is 11.3 Å². The highest BCUT2D eigenvalue weighted by Gasteiger charge is 2.43. The number of hydrogen-bond acceptors (Lipinski definition) is 4. The summed E-state index contributed by atoms with van der Waals surface area (Å²) in [4.78, 5) is 34.7. The highest BCUT2D eigenvalue weighted by molar-refractivity contribution is 5.88. The number of carboxylic acid groups (broad SMARTS) is 1. The molecule has 0 saturated carbocycles. The third-order valence-corrected chi connectivity index (χ3v) is 4.21. The minimum Gasteiger partial charge on any atom is -0.481 e. The predicted octanol–water partition coefficient (Wildman–Crippen LogP) is 1.20. The minimum atomic E-state index is -1.04. The van der Waals surface area contributed by atoms with Gasteiger partial charge < -0.3 is 15.7 Å². The van der Waals surface area contributed by atoms with Gasteiger partial charge in [0, 0.05) is 5.54 Å². The van der Waals surface area contributed by atoms with Crippen LogP contribution in [0.1, 0.15) is 48.5 Å². The van der Waals surface area contributed by atoms with Crippen LogP contribution < -0.4 is 10.6 Å². The third kappa shape index (κ3) is 5.12. The number of rotatable bonds is 8. The second-order valence-corrected chi connectivity index (χ2v) is 6.81. The Labute approximate surface area is 126 Å². The van der Waals surface area contributed by atoms with Crippen molar-refractivity contribution in [3.63, 3.8) is 0 Å². The maximum Gasteiger partial charge on any atom is 0.310 e. The van der Waals surface area contributed by atoms with Gasteiger partial charge in [-0.15, -0.1) is 0 Å². The number of hydrogen-bond donors (Lipinski definition) is 3. The van der Waals surface area contributed by atoms with Crippen LogP contribution in [0.4, 0.5) is 0 Å². The highest BCUT2D eigenvalue weighted by atomic mass is 16.4. The summed E-state index contributed by atoms with van der Waals surface area (Å²) in [7, 11) is 0. The van der Waals surface area contributed by atoms with Gasteiger partial charge >= 0.3 is 5.97 Å². The van der Waals surface area contributed by atoms with Crippen LogP contribution in [0.15, 0.2) is 0 Å². The molecule has 0 radical (unpaired) electrons. The Morgan fingerprint density at radius 1 is 1.10 bits per heavy atom. The summed E-state index contributed by atoms with van der Waals surface area (Å²) in [5.74, 6) is -1.35. The number of ketones is 1. The Morgan fingerprint density at radius 2 is 1.57 bits per heavy atom. The Bertz CT molecular complexity index is 414. The van der Waals surface area contributed by atoms with Crippen molar-refractivity contribution in [2.75, 3.05) is 6.54 Å². The molecule has 0 aliphatic carbocycles. The van der Waals surface area contributed by atoms with Gasteiger partial charge in [0.2, 0.25) is 5.91 Å². The summed E-state index contributed by atoms with van der Waals surface area (Å²) >= 11 is 0. The molecule has 0 saturated heterocycles. The van der Waals surface area contributed by atoms with E-state index in [0.717, 1.165) is 0 Å². The molecule has 1 amide bonds. The molecule has 21 heavy (non-hydrogen) atoms. The Kier molecular flexibility index (Phi) is 6.54. The number of nitrogens with one attached hydrogen (secondary N) is 2. The fourth-order valence-corrected chi connectivity index (χ4v) is 1.75. The monoisotopic (exact) mass is 300 g/mol. The first-order valence-corrected chi connectivity index (χ1v) is 7.11. The summed E-state index contributed by atoms with van der Waals surface area (Å²) in [6.45, 7) is 11.8. The number of Topliss-reactive ketones (excluding diaryl/α,β-unsaturated/α-hetero) is 1. The SMILES string of the molecule is CC(=O)C(NC(=O)CNC(C)(C)C(C)(C)C(=O)O)C(C)C. The Hall–Kier alpha value is -1.43. The molecule has 6 heteroatoms. The van der Waals surface area contributed by atoms with Crippen molar-refractivity contribution in [3.8, 4) is 0 Å². The van der Waals surface area contributed by atoms with Crippen LogP contribution in [0.5, 0.6) is 0 Å². The van der Waals surface area contributed by atoms with E-state index in [-0.39, 0.29) is 24.2 Å². The van der Waals surface area contributed by atoms with E-state index in [1.807, 2.05) is 13.8 Å². The second kappa shape index (κ2) is 7.02. The van der Waals surface area contributed by atoms with E-state index in [2.05, 4.69) is 10.6 Å². The van der Waals surface area contributed by atoms with E-state index in [0.29, 0.717) is 0 Å². The van der Waals surface area contributed by atoms with Crippen molar-refractivity contribution in [1.29, 1.82) is 0 Å². The van der Waals surface area contributed by atoms with E-state index < -0.39 is 23.0 Å². The number of amides is 1. The molecule has 0 aromatic rings. The van der Waals surface area contributed by atoms with Gasteiger partial charge in [-0.3, -0.25) is 14.4 Å². The molecular formula is C15H28N2O4. The molecule has 0 aliphatic heterocycles. The van der Waals surface area contributed by atoms with Crippen molar-refractivity contribution < 1.29 is 19.5 Å². The lowest BCUT2D eigenvalue weighted by atomic mass is 9.74. The van der Waals surface area contributed by atoms with Gasteiger partial charge in [0.15, 0.2) is 5.78 Å². The van der Waals surface area contributed by atoms with E-state index in [4.69, 9.17) is 0 Å². The topological polar surface area (TPSA) is 95.5 Å². The first-order chi connectivity index (χ1) is 9.33. The maximum atomic E-state index is 11.9. The van der Waals surface area contributed by atoms with Crippen LogP contribution in [-0.4, -0.2) is 40.9 Å². The van der Waals surface area contributed by atoms with Crippen LogP contribution in [-0.2, 0) is 14.4 Å². The van der Waals surface area contributed by atoms with Crippen LogP contribution >= 0.6 is 0 Å². The summed E-state index contributed by atoms with van der Waals surface area (Å²) in [6, 6.07) is -0.519. The molecule has 6 nitrogen and oxygen atoms in total. The molecule has 0 heterocycles. The van der Waals surface area contributed by atoms with Gasteiger partial charge in [-0.2, -0.15) is 0 Å². The van der Waals surface area contributed by atoms with E-state index in [1.165, 1.54) is 6.92 Å². The van der Waals surface area contributed by atoms with E-state index in [9.17, 15) is 19.5 Å². The number of carboxylic acids is 1. The fraction of sp³-hybridized carbons (Fsp3) is 0.800. The van der Waals surface area contributed by atoms with Crippen LogP contribution in [0.2, 0.25) is 0 Å². The molecule has 0 fully saturated rings. The number of aliphatic carboxylic acids is 1. The molecule has 0 aromatic heterocycles. The van der Waals surface area contributed by atoms with E-state index in [1.54, 1.807) is 27.7 Å². The van der Waals surface area contributed by atoms with Gasteiger partial charge in [-0.05, 0) is 40.5 Å². The molecule has 0 rings (SSSR count). The van der Waals surface area contributed by atoms with Crippen LogP contribution in [0.25, 0.3) is 0 Å². The molecule has 0 aliphatic rings. The van der Waals surface area contributed by atoms with Crippen molar-refractivity contribution in [2.45, 2.75) is 60.0 Å². The smallest absolute Gasteiger partial charge is 0.310 e. The lowest BCUT2D eigenvalue weighted by molar-refractivity contribution is -0.151. The summed E-state index contributed by atoms with van der Waals surface area (Å²) in [5.41, 5.74) is -1.81. The zero-order chi connectivity index (χ0) is 17.0. The average molecular weight is 300 g/mol. The number of carbonyl (C=O) groups excluding carboxylic acids is 2. The van der Waals surface area contributed by atoms with Gasteiger partial charge in [-0.25, -0.2) is 0 Å². The first-order valence-electron chi connectivity index (χ1n) is 7.11. The zero-order valence-corrected chi connectivity index (χ0v) is 14.0. The third-order valence-electron chi connectivity index (χ3n) is 4.21. The van der Waals surface area contributed by atoms with Crippen molar-refractivity contribution in [3.05, 3.63) is 0 Å². The summed E-state index contributed by atoms with van der Waals surface area (Å²) in [6.07, 6.45) is 0. The summed E-state index contributed by atoms with van der Waals surface area (Å²) in [5, 5.41) is 14.9. The lowest BCUT2D eigenvalue weighted by Gasteiger charge is -2.39. The van der Waals surface area contributed by atoms with Gasteiger partial charge in [0.05, 0.1) is 18.0 Å². The first kappa shape index (κ1) is 19.6. The lowest BCUT2D eigenvalue weighted by Crippen LogP contribution is -2.58. The Balaban J connectivity index is 4.69. The maximum absolute atomic E-state index is 11.9. The zero-order valence-electron chi connectivity index (χ0n) is 14.0. The number of carbonyl (C=O) groups is 3. The highest BCUT2D eigenvalue weighted by Crippen LogP contribution is 2.30. The normalized spacial score (nSPS) is 13.9. The van der Waals surface area contributed by atoms with Crippen LogP contribution in [0.3, 0.4) is 0 Å². The molecule has 122 valence electrons. The van der Waals surface area contributed by atoms with Gasteiger partial charge in [0.1, 0.15) is 0 Å². The minimum absolute atomic E-state index is 0.00919. The average Bonchev–Trinajstić information content (AvgIpc) is 2.32. The van der Waals surface area contributed by atoms with Gasteiger partial charge in [0.25, 0.3) is 0 Å². The molecule has 0 aromatic carbocycles. The van der Waals surface area contributed by atoms with Gasteiger partial charge in [-0.1, -0.05) is 13.8 Å². The molecule has 1 atom stereocenters. The van der Waals surface area contributed by atoms with E-state index >= 15 is 0 Å². The molecule has 1 unspecified atom stereocenters. The summed E-state index contributed by atoms with van der Waals surface area (Å²) < 4.78 is 0. The molecular weight excluding hydrogens is 272 g/mol. The van der Waals surface area contributed by atoms with Crippen molar-refractivity contribution >= 4 is 17.7 Å². The molecule has 3 N–H and O–H groups in total. The quantitative estimate of drug-likeness (QED) is 0.626. The standard InChI is InChI=1S/C15H28N2O4/c1-9(2)12(10(3)18)17-11(19)8-16-15(6,7)14(4,5)13(20)21/h9,12,16H,8H2,1-7H3,(H,17,19)(H,20,21). The van der Waals surface area contributed by atoms with Crippen molar-refractivity contribution in [1.82, 2.24) is 10.6 Å². The molecule has 0 spiro atoms. The largest absolute Gasteiger partial charge is 0.481 e. The molecule has 0 bridgehead atoms. The fourth-order valence-electron chi connectivity index (χ4n) is 1.75. The predicted molar refractivity (Wildman–Crippen MR) is 80.9 cm³/mol. The van der Waals surface area contributed by atoms with Crippen LogP contribution in [0, 0.1) is 11.3 Å².